The second kappa shape index (κ2) is 5.87. The number of hydrogen-bond acceptors (Lipinski definition) is 2. The molecule has 0 atom stereocenters. The number of Topliss-reactive ketones (excluding diaryl/α,β-unsaturated/α-hetero) is 1. The Bertz CT molecular complexity index is 637. The molecule has 0 spiro atoms. The smallest absolute Gasteiger partial charge is 0.161 e. The first-order chi connectivity index (χ1) is 9.47. The predicted molar refractivity (Wildman–Crippen MR) is 79.7 cm³/mol. The Hall–Kier alpha value is -2.16. The van der Waals surface area contributed by atoms with Crippen LogP contribution < -0.4 is 4.90 Å². The fourth-order valence-corrected chi connectivity index (χ4v) is 2.29. The standard InChI is InChI=1S/C17H18FNO/c1-12-5-4-6-14(9-12)11-19(3)17-8-7-15(18)10-16(17)13(2)20/h4-10H,11H2,1-3H3. The molecule has 0 saturated heterocycles. The van der Waals surface area contributed by atoms with Crippen molar-refractivity contribution in [1.29, 1.82) is 0 Å². The Labute approximate surface area is 118 Å². The van der Waals surface area contributed by atoms with Crippen LogP contribution in [0.15, 0.2) is 42.5 Å². The van der Waals surface area contributed by atoms with E-state index in [9.17, 15) is 9.18 Å². The third-order valence-corrected chi connectivity index (χ3v) is 3.25. The van der Waals surface area contributed by atoms with E-state index < -0.39 is 0 Å². The zero-order valence-corrected chi connectivity index (χ0v) is 12.0. The van der Waals surface area contributed by atoms with E-state index in [4.69, 9.17) is 0 Å². The Balaban J connectivity index is 2.29. The molecule has 0 saturated carbocycles. The zero-order chi connectivity index (χ0) is 14.7. The molecular weight excluding hydrogens is 253 g/mol. The highest BCUT2D eigenvalue weighted by atomic mass is 19.1. The first-order valence-corrected chi connectivity index (χ1v) is 6.54. The monoisotopic (exact) mass is 271 g/mol. The van der Waals surface area contributed by atoms with Gasteiger partial charge >= 0.3 is 0 Å². The summed E-state index contributed by atoms with van der Waals surface area (Å²) < 4.78 is 13.3. The van der Waals surface area contributed by atoms with Crippen molar-refractivity contribution in [2.45, 2.75) is 20.4 Å². The molecule has 0 unspecified atom stereocenters. The van der Waals surface area contributed by atoms with E-state index in [1.807, 2.05) is 37.1 Å². The fourth-order valence-electron chi connectivity index (χ4n) is 2.29. The van der Waals surface area contributed by atoms with E-state index in [-0.39, 0.29) is 11.6 Å². The van der Waals surface area contributed by atoms with Gasteiger partial charge < -0.3 is 4.90 Å². The molecule has 0 aromatic heterocycles. The van der Waals surface area contributed by atoms with Crippen molar-refractivity contribution in [2.75, 3.05) is 11.9 Å². The van der Waals surface area contributed by atoms with Crippen LogP contribution in [0.4, 0.5) is 10.1 Å². The highest BCUT2D eigenvalue weighted by Crippen LogP contribution is 2.23. The number of carbonyl (C=O) groups is 1. The Morgan fingerprint density at radius 2 is 1.95 bits per heavy atom. The normalized spacial score (nSPS) is 10.4. The second-order valence-electron chi connectivity index (χ2n) is 5.06. The number of anilines is 1. The molecule has 2 rings (SSSR count). The predicted octanol–water partition coefficient (Wildman–Crippen LogP) is 3.97. The van der Waals surface area contributed by atoms with Crippen molar-refractivity contribution in [3.63, 3.8) is 0 Å². The third-order valence-electron chi connectivity index (χ3n) is 3.25. The zero-order valence-electron chi connectivity index (χ0n) is 12.0. The molecule has 0 radical (unpaired) electrons. The molecule has 0 N–H and O–H groups in total. The van der Waals surface area contributed by atoms with Gasteiger partial charge in [0.1, 0.15) is 5.82 Å². The molecule has 0 bridgehead atoms. The van der Waals surface area contributed by atoms with Gasteiger partial charge in [0.05, 0.1) is 0 Å². The summed E-state index contributed by atoms with van der Waals surface area (Å²) in [7, 11) is 1.90. The Morgan fingerprint density at radius 3 is 2.60 bits per heavy atom. The molecule has 2 aromatic carbocycles. The van der Waals surface area contributed by atoms with Crippen LogP contribution in [0.1, 0.15) is 28.4 Å². The van der Waals surface area contributed by atoms with E-state index in [2.05, 4.69) is 6.07 Å². The van der Waals surface area contributed by atoms with E-state index >= 15 is 0 Å². The van der Waals surface area contributed by atoms with Crippen LogP contribution in [-0.2, 0) is 6.54 Å². The van der Waals surface area contributed by atoms with Crippen molar-refractivity contribution in [3.05, 3.63) is 65.0 Å². The first kappa shape index (κ1) is 14.3. The van der Waals surface area contributed by atoms with Crippen molar-refractivity contribution < 1.29 is 9.18 Å². The van der Waals surface area contributed by atoms with E-state index in [0.717, 1.165) is 11.3 Å². The lowest BCUT2D eigenvalue weighted by Gasteiger charge is -2.22. The van der Waals surface area contributed by atoms with Crippen LogP contribution >= 0.6 is 0 Å². The highest BCUT2D eigenvalue weighted by molar-refractivity contribution is 5.99. The summed E-state index contributed by atoms with van der Waals surface area (Å²) in [5.41, 5.74) is 3.52. The Kier molecular flexibility index (Phi) is 4.18. The lowest BCUT2D eigenvalue weighted by atomic mass is 10.1. The van der Waals surface area contributed by atoms with E-state index in [1.165, 1.54) is 24.6 Å². The molecule has 2 aromatic rings. The first-order valence-electron chi connectivity index (χ1n) is 6.54. The summed E-state index contributed by atoms with van der Waals surface area (Å²) in [6.07, 6.45) is 0. The van der Waals surface area contributed by atoms with Gasteiger partial charge in [-0.15, -0.1) is 0 Å². The number of hydrogen-bond donors (Lipinski definition) is 0. The SMILES string of the molecule is CC(=O)c1cc(F)ccc1N(C)Cc1cccc(C)c1. The number of aryl methyl sites for hydroxylation is 1. The topological polar surface area (TPSA) is 20.3 Å². The van der Waals surface area contributed by atoms with Crippen LogP contribution in [0.25, 0.3) is 0 Å². The van der Waals surface area contributed by atoms with Gasteiger partial charge in [0, 0.05) is 24.8 Å². The fraction of sp³-hybridized carbons (Fsp3) is 0.235. The minimum atomic E-state index is -0.386. The number of nitrogens with zero attached hydrogens (tertiary/aromatic N) is 1. The second-order valence-corrected chi connectivity index (χ2v) is 5.06. The molecular formula is C17H18FNO. The maximum atomic E-state index is 13.3. The molecule has 0 aliphatic heterocycles. The van der Waals surface area contributed by atoms with Crippen LogP contribution in [0.2, 0.25) is 0 Å². The summed E-state index contributed by atoms with van der Waals surface area (Å²) in [6, 6.07) is 12.5. The summed E-state index contributed by atoms with van der Waals surface area (Å²) in [4.78, 5) is 13.6. The lowest BCUT2D eigenvalue weighted by Crippen LogP contribution is -2.19. The number of rotatable bonds is 4. The maximum Gasteiger partial charge on any atom is 0.161 e. The maximum absolute atomic E-state index is 13.3. The molecule has 0 fully saturated rings. The van der Waals surface area contributed by atoms with Gasteiger partial charge in [0.25, 0.3) is 0 Å². The van der Waals surface area contributed by atoms with Crippen molar-refractivity contribution in [3.8, 4) is 0 Å². The third kappa shape index (κ3) is 3.23. The van der Waals surface area contributed by atoms with Gasteiger partial charge in [-0.1, -0.05) is 29.8 Å². The van der Waals surface area contributed by atoms with Gasteiger partial charge in [-0.05, 0) is 37.6 Å². The van der Waals surface area contributed by atoms with Crippen LogP contribution in [0, 0.1) is 12.7 Å². The molecule has 20 heavy (non-hydrogen) atoms. The molecule has 0 aliphatic carbocycles. The summed E-state index contributed by atoms with van der Waals surface area (Å²) in [6.45, 7) is 4.18. The van der Waals surface area contributed by atoms with Crippen LogP contribution in [-0.4, -0.2) is 12.8 Å². The number of ketones is 1. The molecule has 0 aliphatic rings. The van der Waals surface area contributed by atoms with Gasteiger partial charge in [-0.2, -0.15) is 0 Å². The van der Waals surface area contributed by atoms with Crippen molar-refractivity contribution >= 4 is 11.5 Å². The summed E-state index contributed by atoms with van der Waals surface area (Å²) >= 11 is 0. The molecule has 0 amide bonds. The van der Waals surface area contributed by atoms with Crippen LogP contribution in [0.3, 0.4) is 0 Å². The van der Waals surface area contributed by atoms with Gasteiger partial charge in [0.2, 0.25) is 0 Å². The molecule has 2 nitrogen and oxygen atoms in total. The van der Waals surface area contributed by atoms with Crippen molar-refractivity contribution in [2.24, 2.45) is 0 Å². The lowest BCUT2D eigenvalue weighted by molar-refractivity contribution is 0.101. The number of benzene rings is 2. The average Bonchev–Trinajstić information content (AvgIpc) is 2.38. The highest BCUT2D eigenvalue weighted by Gasteiger charge is 2.12. The minimum Gasteiger partial charge on any atom is -0.370 e. The van der Waals surface area contributed by atoms with Gasteiger partial charge in [0.15, 0.2) is 5.78 Å². The van der Waals surface area contributed by atoms with Crippen molar-refractivity contribution in [1.82, 2.24) is 0 Å². The quantitative estimate of drug-likeness (QED) is 0.784. The number of carbonyl (C=O) groups excluding carboxylic acids is 1. The summed E-state index contributed by atoms with van der Waals surface area (Å²) in [5.74, 6) is -0.515. The molecule has 0 heterocycles. The summed E-state index contributed by atoms with van der Waals surface area (Å²) in [5, 5.41) is 0. The van der Waals surface area contributed by atoms with Crippen LogP contribution in [0.5, 0.6) is 0 Å². The largest absolute Gasteiger partial charge is 0.370 e. The van der Waals surface area contributed by atoms with E-state index in [1.54, 1.807) is 6.07 Å². The van der Waals surface area contributed by atoms with Gasteiger partial charge in [-0.3, -0.25) is 4.79 Å². The minimum absolute atomic E-state index is 0.129. The van der Waals surface area contributed by atoms with E-state index in [0.29, 0.717) is 12.1 Å². The Morgan fingerprint density at radius 1 is 1.20 bits per heavy atom. The average molecular weight is 271 g/mol. The van der Waals surface area contributed by atoms with Gasteiger partial charge in [-0.25, -0.2) is 4.39 Å². The molecule has 104 valence electrons. The number of halogens is 1. The molecule has 3 heteroatoms.